The van der Waals surface area contributed by atoms with Gasteiger partial charge in [0.2, 0.25) is 11.1 Å². The SMILES string of the molecule is CC(=O)N(c1nc(CSc2nc(C3CC3)n(-c3ccccc3)n2)cs1)c1c(C)cc(C)cc1C. The zero-order valence-electron chi connectivity index (χ0n) is 19.8. The van der Waals surface area contributed by atoms with Crippen LogP contribution < -0.4 is 4.90 Å². The quantitative estimate of drug-likeness (QED) is 0.277. The topological polar surface area (TPSA) is 63.9 Å². The lowest BCUT2D eigenvalue weighted by atomic mass is 10.0. The van der Waals surface area contributed by atoms with Crippen LogP contribution in [0.5, 0.6) is 0 Å². The first-order valence-electron chi connectivity index (χ1n) is 11.4. The molecule has 0 aliphatic heterocycles. The second-order valence-corrected chi connectivity index (χ2v) is 10.6. The van der Waals surface area contributed by atoms with E-state index in [1.807, 2.05) is 42.1 Å². The van der Waals surface area contributed by atoms with Crippen molar-refractivity contribution in [3.63, 3.8) is 0 Å². The first kappa shape index (κ1) is 22.8. The number of benzene rings is 2. The fraction of sp³-hybridized carbons (Fsp3) is 0.308. The highest BCUT2D eigenvalue weighted by Crippen LogP contribution is 2.41. The van der Waals surface area contributed by atoms with Crippen LogP contribution in [0, 0.1) is 20.8 Å². The Balaban J connectivity index is 1.36. The van der Waals surface area contributed by atoms with Gasteiger partial charge in [0.05, 0.1) is 17.1 Å². The van der Waals surface area contributed by atoms with E-state index in [1.165, 1.54) is 29.7 Å². The van der Waals surface area contributed by atoms with Crippen molar-refractivity contribution < 1.29 is 4.79 Å². The molecular formula is C26H27N5OS2. The Hall–Kier alpha value is -2.97. The Kier molecular flexibility index (Phi) is 6.27. The summed E-state index contributed by atoms with van der Waals surface area (Å²) in [5, 5.41) is 8.26. The van der Waals surface area contributed by atoms with E-state index >= 15 is 0 Å². The van der Waals surface area contributed by atoms with E-state index in [0.717, 1.165) is 39.2 Å². The predicted molar refractivity (Wildman–Crippen MR) is 138 cm³/mol. The summed E-state index contributed by atoms with van der Waals surface area (Å²) in [6.45, 7) is 7.75. The van der Waals surface area contributed by atoms with Crippen LogP contribution in [-0.2, 0) is 10.5 Å². The Morgan fingerprint density at radius 2 is 1.82 bits per heavy atom. The normalized spacial score (nSPS) is 13.3. The number of hydrogen-bond donors (Lipinski definition) is 0. The van der Waals surface area contributed by atoms with Crippen LogP contribution >= 0.6 is 23.1 Å². The standard InChI is InChI=1S/C26H27N5OS2/c1-16-12-17(2)23(18(3)13-16)30(19(4)32)26-27-21(15-34-26)14-33-25-28-24(20-10-11-20)31(29-25)22-8-6-5-7-9-22/h5-9,12-13,15,20H,10-11,14H2,1-4H3. The molecule has 4 aromatic rings. The van der Waals surface area contributed by atoms with E-state index in [0.29, 0.717) is 16.8 Å². The zero-order chi connectivity index (χ0) is 23.8. The van der Waals surface area contributed by atoms with Gasteiger partial charge in [-0.2, -0.15) is 0 Å². The molecule has 0 atom stereocenters. The summed E-state index contributed by atoms with van der Waals surface area (Å²) in [6.07, 6.45) is 2.34. The number of amides is 1. The van der Waals surface area contributed by atoms with Crippen LogP contribution in [0.1, 0.15) is 53.9 Å². The minimum Gasteiger partial charge on any atom is -0.274 e. The first-order chi connectivity index (χ1) is 16.4. The molecule has 5 rings (SSSR count). The summed E-state index contributed by atoms with van der Waals surface area (Å²) in [5.41, 5.74) is 6.21. The number of thioether (sulfide) groups is 1. The summed E-state index contributed by atoms with van der Waals surface area (Å²) in [4.78, 5) is 24.0. The maximum absolute atomic E-state index is 12.6. The minimum absolute atomic E-state index is 0.0408. The number of nitrogens with zero attached hydrogens (tertiary/aromatic N) is 5. The number of hydrogen-bond acceptors (Lipinski definition) is 6. The second kappa shape index (κ2) is 9.35. The van der Waals surface area contributed by atoms with Gasteiger partial charge in [0.25, 0.3) is 0 Å². The highest BCUT2D eigenvalue weighted by Gasteiger charge is 2.30. The molecule has 1 aliphatic carbocycles. The summed E-state index contributed by atoms with van der Waals surface area (Å²) in [7, 11) is 0. The van der Waals surface area contributed by atoms with E-state index < -0.39 is 0 Å². The first-order valence-corrected chi connectivity index (χ1v) is 13.3. The van der Waals surface area contributed by atoms with Crippen molar-refractivity contribution in [1.29, 1.82) is 0 Å². The summed E-state index contributed by atoms with van der Waals surface area (Å²) >= 11 is 3.08. The smallest absolute Gasteiger partial charge is 0.230 e. The molecule has 8 heteroatoms. The average molecular weight is 490 g/mol. The van der Waals surface area contributed by atoms with Gasteiger partial charge in [-0.3, -0.25) is 9.69 Å². The fourth-order valence-corrected chi connectivity index (χ4v) is 5.95. The van der Waals surface area contributed by atoms with Gasteiger partial charge < -0.3 is 0 Å². The molecule has 0 spiro atoms. The Morgan fingerprint density at radius 3 is 2.47 bits per heavy atom. The average Bonchev–Trinajstić information content (AvgIpc) is 3.39. The molecule has 174 valence electrons. The van der Waals surface area contributed by atoms with Crippen LogP contribution in [0.15, 0.2) is 53.0 Å². The van der Waals surface area contributed by atoms with Gasteiger partial charge >= 0.3 is 0 Å². The van der Waals surface area contributed by atoms with E-state index in [9.17, 15) is 4.79 Å². The summed E-state index contributed by atoms with van der Waals surface area (Å²) < 4.78 is 1.98. The van der Waals surface area contributed by atoms with Crippen molar-refractivity contribution in [2.24, 2.45) is 0 Å². The largest absolute Gasteiger partial charge is 0.274 e. The lowest BCUT2D eigenvalue weighted by molar-refractivity contribution is -0.115. The monoisotopic (exact) mass is 489 g/mol. The Labute approximate surface area is 208 Å². The molecule has 0 saturated heterocycles. The number of para-hydroxylation sites is 1. The van der Waals surface area contributed by atoms with Gasteiger partial charge in [0.15, 0.2) is 5.13 Å². The number of carbonyl (C=O) groups is 1. The molecule has 0 radical (unpaired) electrons. The van der Waals surface area contributed by atoms with Crippen molar-refractivity contribution in [3.05, 3.63) is 76.1 Å². The van der Waals surface area contributed by atoms with Gasteiger partial charge in [-0.25, -0.2) is 14.6 Å². The maximum Gasteiger partial charge on any atom is 0.230 e. The van der Waals surface area contributed by atoms with Crippen LogP contribution in [0.2, 0.25) is 0 Å². The van der Waals surface area contributed by atoms with Crippen LogP contribution in [0.3, 0.4) is 0 Å². The molecule has 0 N–H and O–H groups in total. The lowest BCUT2D eigenvalue weighted by Gasteiger charge is -2.23. The maximum atomic E-state index is 12.6. The van der Waals surface area contributed by atoms with E-state index in [1.54, 1.807) is 23.6 Å². The predicted octanol–water partition coefficient (Wildman–Crippen LogP) is 6.50. The van der Waals surface area contributed by atoms with Gasteiger partial charge in [0, 0.05) is 24.0 Å². The molecule has 1 amide bonds. The Morgan fingerprint density at radius 1 is 1.12 bits per heavy atom. The van der Waals surface area contributed by atoms with Crippen molar-refractivity contribution in [1.82, 2.24) is 19.7 Å². The molecule has 34 heavy (non-hydrogen) atoms. The number of rotatable bonds is 7. The van der Waals surface area contributed by atoms with Crippen LogP contribution in [0.4, 0.5) is 10.8 Å². The molecule has 1 fully saturated rings. The minimum atomic E-state index is -0.0408. The van der Waals surface area contributed by atoms with Crippen molar-refractivity contribution in [2.45, 2.75) is 57.4 Å². The third kappa shape index (κ3) is 4.65. The van der Waals surface area contributed by atoms with Crippen molar-refractivity contribution >= 4 is 39.8 Å². The van der Waals surface area contributed by atoms with E-state index in [4.69, 9.17) is 15.1 Å². The van der Waals surface area contributed by atoms with Gasteiger partial charge in [-0.05, 0) is 56.9 Å². The number of aryl methyl sites for hydroxylation is 3. The highest BCUT2D eigenvalue weighted by atomic mass is 32.2. The molecule has 0 bridgehead atoms. The number of carbonyl (C=O) groups excluding carboxylic acids is 1. The number of anilines is 2. The molecule has 0 unspecified atom stereocenters. The van der Waals surface area contributed by atoms with E-state index in [-0.39, 0.29) is 5.91 Å². The highest BCUT2D eigenvalue weighted by molar-refractivity contribution is 7.98. The fourth-order valence-electron chi connectivity index (χ4n) is 4.25. The third-order valence-electron chi connectivity index (χ3n) is 5.81. The molecular weight excluding hydrogens is 462 g/mol. The van der Waals surface area contributed by atoms with Gasteiger partial charge in [-0.1, -0.05) is 47.7 Å². The third-order valence-corrected chi connectivity index (χ3v) is 7.56. The van der Waals surface area contributed by atoms with Gasteiger partial charge in [-0.15, -0.1) is 16.4 Å². The molecule has 2 aromatic carbocycles. The lowest BCUT2D eigenvalue weighted by Crippen LogP contribution is -2.24. The summed E-state index contributed by atoms with van der Waals surface area (Å²) in [5.74, 6) is 2.15. The molecule has 1 aliphatic rings. The molecule has 2 heterocycles. The number of aromatic nitrogens is 4. The molecule has 6 nitrogen and oxygen atoms in total. The van der Waals surface area contributed by atoms with Crippen LogP contribution in [0.25, 0.3) is 5.69 Å². The second-order valence-electron chi connectivity index (χ2n) is 8.79. The molecule has 1 saturated carbocycles. The zero-order valence-corrected chi connectivity index (χ0v) is 21.4. The number of thiazole rings is 1. The Bertz CT molecular complexity index is 1320. The van der Waals surface area contributed by atoms with E-state index in [2.05, 4.69) is 31.2 Å². The van der Waals surface area contributed by atoms with Crippen molar-refractivity contribution in [2.75, 3.05) is 4.90 Å². The van der Waals surface area contributed by atoms with Gasteiger partial charge in [0.1, 0.15) is 5.82 Å². The molecule has 2 aromatic heterocycles. The summed E-state index contributed by atoms with van der Waals surface area (Å²) in [6, 6.07) is 14.4. The van der Waals surface area contributed by atoms with Crippen LogP contribution in [-0.4, -0.2) is 25.7 Å². The van der Waals surface area contributed by atoms with Crippen molar-refractivity contribution in [3.8, 4) is 5.69 Å².